The number of carboxylic acid groups (broad SMARTS) is 1. The monoisotopic (exact) mass is 393 g/mol. The van der Waals surface area contributed by atoms with Gasteiger partial charge in [-0.3, -0.25) is 14.5 Å². The second-order valence-corrected chi connectivity index (χ2v) is 7.63. The van der Waals surface area contributed by atoms with Crippen molar-refractivity contribution in [1.82, 2.24) is 4.90 Å². The number of ether oxygens (including phenoxy) is 1. The van der Waals surface area contributed by atoms with Gasteiger partial charge in [0.05, 0.1) is 11.5 Å². The Balaban J connectivity index is 1.93. The van der Waals surface area contributed by atoms with Crippen LogP contribution in [0.3, 0.4) is 0 Å². The first-order valence-electron chi connectivity index (χ1n) is 8.71. The molecule has 2 rings (SSSR count). The smallest absolute Gasteiger partial charge is 0.303 e. The van der Waals surface area contributed by atoms with Crippen LogP contribution in [-0.2, 0) is 9.59 Å². The van der Waals surface area contributed by atoms with Crippen LogP contribution in [0.5, 0.6) is 5.75 Å². The fourth-order valence-corrected chi connectivity index (χ4v) is 3.74. The minimum Gasteiger partial charge on any atom is -0.494 e. The minimum absolute atomic E-state index is 0.0236. The van der Waals surface area contributed by atoms with Crippen molar-refractivity contribution in [2.24, 2.45) is 0 Å². The standard InChI is InChI=1S/C19H23NO4S2/c1-2-3-4-12-24-15-9-7-14(8-10-15)13-16-18(23)20(19(25)26-16)11-5-6-17(21)22/h7-10,13H,2-6,11-12H2,1H3,(H,21,22). The van der Waals surface area contributed by atoms with Gasteiger partial charge >= 0.3 is 5.97 Å². The van der Waals surface area contributed by atoms with Crippen LogP contribution in [0.4, 0.5) is 0 Å². The van der Waals surface area contributed by atoms with Crippen molar-refractivity contribution in [1.29, 1.82) is 0 Å². The number of amides is 1. The molecule has 1 N–H and O–H groups in total. The minimum atomic E-state index is -0.872. The number of carbonyl (C=O) groups excluding carboxylic acids is 1. The van der Waals surface area contributed by atoms with Gasteiger partial charge in [-0.25, -0.2) is 0 Å². The van der Waals surface area contributed by atoms with Gasteiger partial charge in [0.1, 0.15) is 10.1 Å². The number of hydrogen-bond donors (Lipinski definition) is 1. The van der Waals surface area contributed by atoms with Crippen molar-refractivity contribution >= 4 is 46.3 Å². The Morgan fingerprint density at radius 3 is 2.65 bits per heavy atom. The van der Waals surface area contributed by atoms with E-state index in [1.807, 2.05) is 24.3 Å². The number of hydrogen-bond acceptors (Lipinski definition) is 5. The van der Waals surface area contributed by atoms with E-state index in [0.717, 1.165) is 30.6 Å². The summed E-state index contributed by atoms with van der Waals surface area (Å²) in [6.45, 7) is 3.20. The first kappa shape index (κ1) is 20.5. The topological polar surface area (TPSA) is 66.8 Å². The Labute approximate surface area is 163 Å². The average molecular weight is 394 g/mol. The van der Waals surface area contributed by atoms with Gasteiger partial charge in [0, 0.05) is 13.0 Å². The first-order chi connectivity index (χ1) is 12.5. The Bertz CT molecular complexity index is 685. The summed E-state index contributed by atoms with van der Waals surface area (Å²) in [5.74, 6) is -0.215. The van der Waals surface area contributed by atoms with Crippen molar-refractivity contribution in [2.45, 2.75) is 39.0 Å². The van der Waals surface area contributed by atoms with Crippen LogP contribution < -0.4 is 4.74 Å². The third kappa shape index (κ3) is 6.14. The lowest BCUT2D eigenvalue weighted by molar-refractivity contribution is -0.137. The molecule has 1 aromatic carbocycles. The number of thioether (sulfide) groups is 1. The SMILES string of the molecule is CCCCCOc1ccc(C=C2SC(=S)N(CCCC(=O)O)C2=O)cc1. The van der Waals surface area contributed by atoms with E-state index in [1.54, 1.807) is 6.08 Å². The molecule has 0 aromatic heterocycles. The van der Waals surface area contributed by atoms with Gasteiger partial charge in [0.25, 0.3) is 5.91 Å². The van der Waals surface area contributed by atoms with Crippen LogP contribution >= 0.6 is 24.0 Å². The average Bonchev–Trinajstić information content (AvgIpc) is 2.87. The highest BCUT2D eigenvalue weighted by atomic mass is 32.2. The molecule has 0 spiro atoms. The number of carbonyl (C=O) groups is 2. The number of nitrogens with zero attached hydrogens (tertiary/aromatic N) is 1. The van der Waals surface area contributed by atoms with Crippen LogP contribution in [0.1, 0.15) is 44.6 Å². The maximum absolute atomic E-state index is 12.4. The zero-order chi connectivity index (χ0) is 18.9. The fraction of sp³-hybridized carbons (Fsp3) is 0.421. The van der Waals surface area contributed by atoms with Crippen molar-refractivity contribution in [3.8, 4) is 5.75 Å². The lowest BCUT2D eigenvalue weighted by Crippen LogP contribution is -2.29. The van der Waals surface area contributed by atoms with Gasteiger partial charge in [-0.1, -0.05) is 55.9 Å². The second kappa shape index (κ2) is 10.3. The molecule has 1 fully saturated rings. The number of carboxylic acids is 1. The third-order valence-corrected chi connectivity index (χ3v) is 5.22. The first-order valence-corrected chi connectivity index (χ1v) is 9.93. The Morgan fingerprint density at radius 2 is 2.00 bits per heavy atom. The van der Waals surface area contributed by atoms with Gasteiger partial charge in [-0.05, 0) is 36.6 Å². The molecule has 5 nitrogen and oxygen atoms in total. The lowest BCUT2D eigenvalue weighted by atomic mass is 10.2. The molecule has 7 heteroatoms. The normalized spacial score (nSPS) is 15.7. The molecular weight excluding hydrogens is 370 g/mol. The summed E-state index contributed by atoms with van der Waals surface area (Å²) in [6.07, 6.45) is 5.58. The molecule has 1 aromatic rings. The van der Waals surface area contributed by atoms with E-state index in [1.165, 1.54) is 16.7 Å². The van der Waals surface area contributed by atoms with E-state index < -0.39 is 5.97 Å². The van der Waals surface area contributed by atoms with Gasteiger partial charge in [0.2, 0.25) is 0 Å². The predicted octanol–water partition coefficient (Wildman–Crippen LogP) is 4.32. The fourth-order valence-electron chi connectivity index (χ4n) is 2.43. The number of rotatable bonds is 10. The third-order valence-electron chi connectivity index (χ3n) is 3.84. The van der Waals surface area contributed by atoms with E-state index in [-0.39, 0.29) is 12.3 Å². The van der Waals surface area contributed by atoms with E-state index in [0.29, 0.717) is 28.8 Å². The van der Waals surface area contributed by atoms with E-state index in [2.05, 4.69) is 6.92 Å². The van der Waals surface area contributed by atoms with Crippen LogP contribution in [0.25, 0.3) is 6.08 Å². The molecule has 0 saturated carbocycles. The van der Waals surface area contributed by atoms with Gasteiger partial charge in [-0.2, -0.15) is 0 Å². The summed E-state index contributed by atoms with van der Waals surface area (Å²) in [6, 6.07) is 7.61. The lowest BCUT2D eigenvalue weighted by Gasteiger charge is -2.13. The summed E-state index contributed by atoms with van der Waals surface area (Å²) in [7, 11) is 0. The molecule has 0 bridgehead atoms. The van der Waals surface area contributed by atoms with Crippen LogP contribution in [0, 0.1) is 0 Å². The molecule has 0 aliphatic carbocycles. The van der Waals surface area contributed by atoms with Crippen LogP contribution in [-0.4, -0.2) is 39.4 Å². The largest absolute Gasteiger partial charge is 0.494 e. The molecule has 1 saturated heterocycles. The number of benzene rings is 1. The molecule has 1 aliphatic rings. The Kier molecular flexibility index (Phi) is 8.12. The van der Waals surface area contributed by atoms with Crippen LogP contribution in [0.15, 0.2) is 29.2 Å². The highest BCUT2D eigenvalue weighted by Crippen LogP contribution is 2.32. The van der Waals surface area contributed by atoms with Crippen LogP contribution in [0.2, 0.25) is 0 Å². The summed E-state index contributed by atoms with van der Waals surface area (Å²) in [5, 5.41) is 8.71. The molecule has 1 amide bonds. The quantitative estimate of drug-likeness (QED) is 0.363. The molecule has 1 heterocycles. The molecule has 0 atom stereocenters. The maximum atomic E-state index is 12.4. The zero-order valence-corrected chi connectivity index (χ0v) is 16.4. The van der Waals surface area contributed by atoms with Crippen molar-refractivity contribution in [3.63, 3.8) is 0 Å². The second-order valence-electron chi connectivity index (χ2n) is 5.96. The molecule has 26 heavy (non-hydrogen) atoms. The van der Waals surface area contributed by atoms with Gasteiger partial charge in [-0.15, -0.1) is 0 Å². The molecule has 1 aliphatic heterocycles. The van der Waals surface area contributed by atoms with Gasteiger partial charge < -0.3 is 9.84 Å². The zero-order valence-electron chi connectivity index (χ0n) is 14.8. The maximum Gasteiger partial charge on any atom is 0.303 e. The number of aliphatic carboxylic acids is 1. The van der Waals surface area contributed by atoms with E-state index in [9.17, 15) is 9.59 Å². The summed E-state index contributed by atoms with van der Waals surface area (Å²) in [5.41, 5.74) is 0.900. The highest BCUT2D eigenvalue weighted by molar-refractivity contribution is 8.26. The van der Waals surface area contributed by atoms with Crippen molar-refractivity contribution in [2.75, 3.05) is 13.2 Å². The predicted molar refractivity (Wildman–Crippen MR) is 108 cm³/mol. The molecule has 0 radical (unpaired) electrons. The Hall–Kier alpha value is -1.86. The van der Waals surface area contributed by atoms with Crippen molar-refractivity contribution in [3.05, 3.63) is 34.7 Å². The summed E-state index contributed by atoms with van der Waals surface area (Å²) >= 11 is 6.49. The highest BCUT2D eigenvalue weighted by Gasteiger charge is 2.31. The van der Waals surface area contributed by atoms with Gasteiger partial charge in [0.15, 0.2) is 0 Å². The summed E-state index contributed by atoms with van der Waals surface area (Å²) in [4.78, 5) is 25.1. The van der Waals surface area contributed by atoms with E-state index >= 15 is 0 Å². The van der Waals surface area contributed by atoms with Crippen molar-refractivity contribution < 1.29 is 19.4 Å². The van der Waals surface area contributed by atoms with E-state index in [4.69, 9.17) is 22.1 Å². The molecule has 140 valence electrons. The number of thiocarbonyl (C=S) groups is 1. The number of unbranched alkanes of at least 4 members (excludes halogenated alkanes) is 2. The molecular formula is C19H23NO4S2. The summed E-state index contributed by atoms with van der Waals surface area (Å²) < 4.78 is 6.16. The molecule has 0 unspecified atom stereocenters. The Morgan fingerprint density at radius 1 is 1.27 bits per heavy atom.